The smallest absolute Gasteiger partial charge is 0.352 e. The molecule has 23 heavy (non-hydrogen) atoms. The van der Waals surface area contributed by atoms with Crippen LogP contribution in [0.5, 0.6) is 5.75 Å². The summed E-state index contributed by atoms with van der Waals surface area (Å²) in [4.78, 5) is 19.4. The number of hydrogen-bond donors (Lipinski definition) is 3. The summed E-state index contributed by atoms with van der Waals surface area (Å²) < 4.78 is 17.0. The van der Waals surface area contributed by atoms with Crippen molar-refractivity contribution in [2.75, 3.05) is 12.4 Å². The third-order valence-corrected chi connectivity index (χ3v) is 4.64. The second-order valence-corrected chi connectivity index (χ2v) is 7.05. The van der Waals surface area contributed by atoms with Gasteiger partial charge in [-0.1, -0.05) is 37.6 Å². The lowest BCUT2D eigenvalue weighted by Gasteiger charge is -2.22. The molecule has 2 aromatic carbocycles. The molecule has 0 saturated heterocycles. The second-order valence-electron chi connectivity index (χ2n) is 5.36. The number of rotatable bonds is 7. The van der Waals surface area contributed by atoms with E-state index in [-0.39, 0.29) is 0 Å². The molecule has 5 nitrogen and oxygen atoms in total. The molecule has 2 rings (SSSR count). The van der Waals surface area contributed by atoms with Crippen molar-refractivity contribution < 1.29 is 19.1 Å². The van der Waals surface area contributed by atoms with Gasteiger partial charge in [-0.3, -0.25) is 4.57 Å². The molecule has 2 aromatic rings. The molecule has 0 bridgehead atoms. The van der Waals surface area contributed by atoms with Crippen LogP contribution in [0.3, 0.4) is 0 Å². The van der Waals surface area contributed by atoms with E-state index in [1.165, 1.54) is 12.7 Å². The Morgan fingerprint density at radius 1 is 1.17 bits per heavy atom. The van der Waals surface area contributed by atoms with Gasteiger partial charge in [0.1, 0.15) is 5.75 Å². The van der Waals surface area contributed by atoms with Crippen molar-refractivity contribution in [3.63, 3.8) is 0 Å². The third kappa shape index (κ3) is 4.83. The zero-order valence-corrected chi connectivity index (χ0v) is 14.2. The van der Waals surface area contributed by atoms with E-state index >= 15 is 0 Å². The van der Waals surface area contributed by atoms with Gasteiger partial charge >= 0.3 is 7.60 Å². The van der Waals surface area contributed by atoms with Crippen LogP contribution in [-0.4, -0.2) is 16.9 Å². The Hall–Kier alpha value is -1.81. The molecule has 0 spiro atoms. The van der Waals surface area contributed by atoms with Gasteiger partial charge in [0.05, 0.1) is 7.11 Å². The van der Waals surface area contributed by atoms with Crippen LogP contribution in [0.25, 0.3) is 0 Å². The lowest BCUT2D eigenvalue weighted by molar-refractivity contribution is 0.362. The molecule has 1 atom stereocenters. The number of nitrogens with one attached hydrogen (secondary N) is 1. The topological polar surface area (TPSA) is 78.8 Å². The number of hydrogen-bond acceptors (Lipinski definition) is 3. The van der Waals surface area contributed by atoms with E-state index in [0.717, 1.165) is 12.8 Å². The van der Waals surface area contributed by atoms with Crippen LogP contribution in [0, 0.1) is 0 Å². The molecule has 0 radical (unpaired) electrons. The summed E-state index contributed by atoms with van der Waals surface area (Å²) >= 11 is 0. The van der Waals surface area contributed by atoms with E-state index in [9.17, 15) is 14.4 Å². The van der Waals surface area contributed by atoms with Gasteiger partial charge < -0.3 is 19.8 Å². The van der Waals surface area contributed by atoms with Crippen LogP contribution in [-0.2, 0) is 11.0 Å². The standard InChI is InChI=1S/C17H22NO4P/c1-3-5-13-8-10-15(11-9-13)18-17(23(19,20)21)14-6-4-7-16(12-14)22-2/h4,6-12,17-18H,3,5H2,1-2H3,(H2,19,20,21). The number of methoxy groups -OCH3 is 1. The normalized spacial score (nSPS) is 12.7. The van der Waals surface area contributed by atoms with Crippen molar-refractivity contribution >= 4 is 13.3 Å². The average molecular weight is 335 g/mol. The van der Waals surface area contributed by atoms with Crippen LogP contribution in [0.4, 0.5) is 5.69 Å². The molecular weight excluding hydrogens is 313 g/mol. The molecule has 0 aliphatic rings. The van der Waals surface area contributed by atoms with E-state index < -0.39 is 13.4 Å². The first kappa shape index (κ1) is 17.5. The third-order valence-electron chi connectivity index (χ3n) is 3.54. The van der Waals surface area contributed by atoms with Crippen LogP contribution in [0.1, 0.15) is 30.3 Å². The summed E-state index contributed by atoms with van der Waals surface area (Å²) in [6.07, 6.45) is 2.04. The molecule has 6 heteroatoms. The summed E-state index contributed by atoms with van der Waals surface area (Å²) in [6.45, 7) is 2.11. The van der Waals surface area contributed by atoms with Gasteiger partial charge in [-0.05, 0) is 41.8 Å². The monoisotopic (exact) mass is 335 g/mol. The minimum absolute atomic E-state index is 0.482. The van der Waals surface area contributed by atoms with E-state index in [0.29, 0.717) is 17.0 Å². The number of aryl methyl sites for hydroxylation is 1. The molecule has 0 heterocycles. The Labute approximate surface area is 136 Å². The van der Waals surface area contributed by atoms with Gasteiger partial charge in [0.2, 0.25) is 0 Å². The van der Waals surface area contributed by atoms with Gasteiger partial charge in [0.15, 0.2) is 5.78 Å². The molecule has 0 aliphatic heterocycles. The van der Waals surface area contributed by atoms with Crippen molar-refractivity contribution in [3.05, 3.63) is 59.7 Å². The fraction of sp³-hybridized carbons (Fsp3) is 0.294. The van der Waals surface area contributed by atoms with Crippen molar-refractivity contribution in [1.29, 1.82) is 0 Å². The van der Waals surface area contributed by atoms with E-state index in [4.69, 9.17) is 4.74 Å². The highest BCUT2D eigenvalue weighted by Crippen LogP contribution is 2.52. The lowest BCUT2D eigenvalue weighted by atomic mass is 10.1. The lowest BCUT2D eigenvalue weighted by Crippen LogP contribution is -2.11. The highest BCUT2D eigenvalue weighted by molar-refractivity contribution is 7.52. The molecule has 0 aromatic heterocycles. The highest BCUT2D eigenvalue weighted by Gasteiger charge is 2.30. The van der Waals surface area contributed by atoms with Gasteiger partial charge in [-0.15, -0.1) is 0 Å². The molecule has 3 N–H and O–H groups in total. The van der Waals surface area contributed by atoms with Gasteiger partial charge in [-0.2, -0.15) is 0 Å². The Bertz CT molecular complexity index is 681. The number of benzene rings is 2. The van der Waals surface area contributed by atoms with E-state index in [1.807, 2.05) is 24.3 Å². The number of anilines is 1. The molecule has 0 fully saturated rings. The molecule has 0 amide bonds. The van der Waals surface area contributed by atoms with E-state index in [2.05, 4.69) is 12.2 Å². The van der Waals surface area contributed by atoms with Crippen LogP contribution in [0.15, 0.2) is 48.5 Å². The predicted molar refractivity (Wildman–Crippen MR) is 91.8 cm³/mol. The minimum atomic E-state index is -4.38. The maximum absolute atomic E-state index is 11.9. The van der Waals surface area contributed by atoms with Crippen LogP contribution in [0.2, 0.25) is 0 Å². The minimum Gasteiger partial charge on any atom is -0.497 e. The first-order chi connectivity index (χ1) is 10.9. The Kier molecular flexibility index (Phi) is 5.83. The fourth-order valence-corrected chi connectivity index (χ4v) is 3.25. The second kappa shape index (κ2) is 7.64. The summed E-state index contributed by atoms with van der Waals surface area (Å²) in [5.41, 5.74) is 2.35. The highest BCUT2D eigenvalue weighted by atomic mass is 31.2. The Balaban J connectivity index is 2.27. The zero-order chi connectivity index (χ0) is 16.9. The maximum atomic E-state index is 11.9. The molecule has 0 saturated carbocycles. The SMILES string of the molecule is CCCc1ccc(NC(c2cccc(OC)c2)P(=O)(O)O)cc1. The summed E-state index contributed by atoms with van der Waals surface area (Å²) in [5.74, 6) is -0.560. The summed E-state index contributed by atoms with van der Waals surface area (Å²) in [5, 5.41) is 2.94. The molecule has 124 valence electrons. The predicted octanol–water partition coefficient (Wildman–Crippen LogP) is 3.94. The molecule has 1 unspecified atom stereocenters. The van der Waals surface area contributed by atoms with Crippen molar-refractivity contribution in [1.82, 2.24) is 0 Å². The first-order valence-corrected chi connectivity index (χ1v) is 9.17. The fourth-order valence-electron chi connectivity index (χ4n) is 2.39. The van der Waals surface area contributed by atoms with Gasteiger partial charge in [-0.25, -0.2) is 0 Å². The Morgan fingerprint density at radius 3 is 2.43 bits per heavy atom. The average Bonchev–Trinajstić information content (AvgIpc) is 2.53. The first-order valence-electron chi connectivity index (χ1n) is 7.48. The summed E-state index contributed by atoms with van der Waals surface area (Å²) in [7, 11) is -2.87. The maximum Gasteiger partial charge on any atom is 0.352 e. The van der Waals surface area contributed by atoms with Crippen LogP contribution >= 0.6 is 7.60 Å². The van der Waals surface area contributed by atoms with Gasteiger partial charge in [0, 0.05) is 5.69 Å². The Morgan fingerprint density at radius 2 is 1.87 bits per heavy atom. The van der Waals surface area contributed by atoms with Gasteiger partial charge in [0.25, 0.3) is 0 Å². The number of ether oxygens (including phenoxy) is 1. The van der Waals surface area contributed by atoms with E-state index in [1.54, 1.807) is 24.3 Å². The van der Waals surface area contributed by atoms with Crippen molar-refractivity contribution in [3.8, 4) is 5.75 Å². The zero-order valence-electron chi connectivity index (χ0n) is 13.3. The van der Waals surface area contributed by atoms with Crippen LogP contribution < -0.4 is 10.1 Å². The quantitative estimate of drug-likeness (QED) is 0.668. The van der Waals surface area contributed by atoms with Crippen molar-refractivity contribution in [2.45, 2.75) is 25.5 Å². The molecular formula is C17H22NO4P. The summed E-state index contributed by atoms with van der Waals surface area (Å²) in [6, 6.07) is 14.4. The molecule has 0 aliphatic carbocycles. The van der Waals surface area contributed by atoms with Crippen molar-refractivity contribution in [2.24, 2.45) is 0 Å². The largest absolute Gasteiger partial charge is 0.497 e.